The Hall–Kier alpha value is -3.45. The summed E-state index contributed by atoms with van der Waals surface area (Å²) >= 11 is 0. The van der Waals surface area contributed by atoms with Crippen molar-refractivity contribution in [1.82, 2.24) is 19.6 Å². The van der Waals surface area contributed by atoms with Crippen LogP contribution in [0.2, 0.25) is 0 Å². The van der Waals surface area contributed by atoms with Crippen LogP contribution in [0, 0.1) is 5.92 Å². The van der Waals surface area contributed by atoms with Crippen molar-refractivity contribution in [2.75, 3.05) is 38.0 Å². The van der Waals surface area contributed by atoms with Gasteiger partial charge in [0.25, 0.3) is 0 Å². The van der Waals surface area contributed by atoms with Crippen molar-refractivity contribution in [3.63, 3.8) is 0 Å². The molecule has 1 N–H and O–H groups in total. The number of anilines is 1. The summed E-state index contributed by atoms with van der Waals surface area (Å²) in [5.74, 6) is 0.997. The van der Waals surface area contributed by atoms with Gasteiger partial charge in [0.1, 0.15) is 5.82 Å². The van der Waals surface area contributed by atoms with E-state index in [1.165, 1.54) is 12.8 Å². The molecule has 0 atom stereocenters. The van der Waals surface area contributed by atoms with Crippen molar-refractivity contribution in [1.29, 1.82) is 0 Å². The molecule has 2 saturated heterocycles. The number of carbonyl (C=O) groups is 2. The zero-order valence-corrected chi connectivity index (χ0v) is 20.8. The number of aromatic nitrogens is 2. The number of nitrogens with one attached hydrogen (secondary N) is 1. The van der Waals surface area contributed by atoms with Gasteiger partial charge in [-0.3, -0.25) is 14.5 Å². The lowest BCUT2D eigenvalue weighted by atomic mass is 9.95. The summed E-state index contributed by atoms with van der Waals surface area (Å²) in [5, 5.41) is 7.86. The number of rotatable bonds is 6. The molecule has 2 aromatic carbocycles. The minimum absolute atomic E-state index is 0.0658. The Kier molecular flexibility index (Phi) is 7.76. The highest BCUT2D eigenvalue weighted by molar-refractivity contribution is 5.92. The highest BCUT2D eigenvalue weighted by atomic mass is 16.2. The molecule has 0 bridgehead atoms. The van der Waals surface area contributed by atoms with Gasteiger partial charge in [-0.25, -0.2) is 4.68 Å². The fourth-order valence-electron chi connectivity index (χ4n) is 5.26. The number of piperidine rings is 1. The van der Waals surface area contributed by atoms with Gasteiger partial charge in [0.05, 0.1) is 17.9 Å². The van der Waals surface area contributed by atoms with E-state index >= 15 is 0 Å². The molecule has 7 nitrogen and oxygen atoms in total. The van der Waals surface area contributed by atoms with E-state index in [2.05, 4.69) is 15.1 Å². The average molecular weight is 486 g/mol. The van der Waals surface area contributed by atoms with Gasteiger partial charge < -0.3 is 10.2 Å². The van der Waals surface area contributed by atoms with Gasteiger partial charge in [0, 0.05) is 30.6 Å². The number of likely N-dealkylation sites (tertiary alicyclic amines) is 2. The van der Waals surface area contributed by atoms with Crippen molar-refractivity contribution in [2.24, 2.45) is 5.92 Å². The third-order valence-electron chi connectivity index (χ3n) is 7.27. The molecule has 0 saturated carbocycles. The second-order valence-corrected chi connectivity index (χ2v) is 9.87. The number of amides is 2. The molecule has 5 rings (SSSR count). The molecule has 0 spiro atoms. The maximum atomic E-state index is 13.0. The van der Waals surface area contributed by atoms with Gasteiger partial charge in [-0.2, -0.15) is 5.10 Å². The van der Waals surface area contributed by atoms with Gasteiger partial charge >= 0.3 is 0 Å². The monoisotopic (exact) mass is 485 g/mol. The van der Waals surface area contributed by atoms with Crippen LogP contribution < -0.4 is 5.32 Å². The van der Waals surface area contributed by atoms with Crippen LogP contribution in [0.15, 0.2) is 66.7 Å². The van der Waals surface area contributed by atoms with E-state index in [9.17, 15) is 9.59 Å². The largest absolute Gasteiger partial charge is 0.342 e. The highest BCUT2D eigenvalue weighted by Gasteiger charge is 2.29. The first-order valence-corrected chi connectivity index (χ1v) is 13.2. The fraction of sp³-hybridized carbons (Fsp3) is 0.414. The maximum Gasteiger partial charge on any atom is 0.239 e. The Balaban J connectivity index is 1.21. The second-order valence-electron chi connectivity index (χ2n) is 9.87. The summed E-state index contributed by atoms with van der Waals surface area (Å²) in [5.41, 5.74) is 2.70. The molecule has 188 valence electrons. The van der Waals surface area contributed by atoms with E-state index < -0.39 is 0 Å². The zero-order chi connectivity index (χ0) is 24.7. The summed E-state index contributed by atoms with van der Waals surface area (Å²) in [6.45, 7) is 3.66. The quantitative estimate of drug-likeness (QED) is 0.554. The molecule has 2 amide bonds. The van der Waals surface area contributed by atoms with E-state index in [1.807, 2.05) is 66.7 Å². The Bertz CT molecular complexity index is 1140. The molecular weight excluding hydrogens is 450 g/mol. The standard InChI is InChI=1S/C29H35N5O2/c35-28(22-32-19-15-24(16-20-32)29(36)33-17-9-1-2-10-18-33)30-27-21-26(23-11-5-3-6-12-23)31-34(27)25-13-7-4-8-14-25/h3-8,11-14,21,24H,1-2,9-10,15-20,22H2,(H,30,35). The predicted molar refractivity (Wildman–Crippen MR) is 142 cm³/mol. The summed E-state index contributed by atoms with van der Waals surface area (Å²) < 4.78 is 1.78. The van der Waals surface area contributed by atoms with Crippen LogP contribution in [-0.2, 0) is 9.59 Å². The number of hydrogen-bond donors (Lipinski definition) is 1. The molecule has 0 radical (unpaired) electrons. The van der Waals surface area contributed by atoms with E-state index in [0.717, 1.165) is 68.8 Å². The Labute approximate surface area is 213 Å². The van der Waals surface area contributed by atoms with Crippen molar-refractivity contribution < 1.29 is 9.59 Å². The van der Waals surface area contributed by atoms with Crippen molar-refractivity contribution in [3.05, 3.63) is 66.7 Å². The lowest BCUT2D eigenvalue weighted by Crippen LogP contribution is -2.44. The van der Waals surface area contributed by atoms with Crippen molar-refractivity contribution in [3.8, 4) is 16.9 Å². The lowest BCUT2D eigenvalue weighted by molar-refractivity contribution is -0.137. The summed E-state index contributed by atoms with van der Waals surface area (Å²) in [4.78, 5) is 30.3. The number of carbonyl (C=O) groups excluding carboxylic acids is 2. The Morgan fingerprint density at radius 3 is 2.14 bits per heavy atom. The summed E-state index contributed by atoms with van der Waals surface area (Å²) in [6, 6.07) is 21.7. The minimum Gasteiger partial charge on any atom is -0.342 e. The number of para-hydroxylation sites is 1. The van der Waals surface area contributed by atoms with Crippen LogP contribution in [-0.4, -0.2) is 64.1 Å². The number of nitrogens with zero attached hydrogens (tertiary/aromatic N) is 4. The lowest BCUT2D eigenvalue weighted by Gasteiger charge is -2.33. The van der Waals surface area contributed by atoms with Gasteiger partial charge in [-0.1, -0.05) is 61.4 Å². The smallest absolute Gasteiger partial charge is 0.239 e. The second kappa shape index (κ2) is 11.5. The first-order valence-electron chi connectivity index (χ1n) is 13.2. The SMILES string of the molecule is O=C(CN1CCC(C(=O)N2CCCCCC2)CC1)Nc1cc(-c2ccccc2)nn1-c1ccccc1. The van der Waals surface area contributed by atoms with E-state index in [1.54, 1.807) is 4.68 Å². The maximum absolute atomic E-state index is 13.0. The van der Waals surface area contributed by atoms with E-state index in [-0.39, 0.29) is 11.8 Å². The van der Waals surface area contributed by atoms with Crippen LogP contribution in [0.5, 0.6) is 0 Å². The molecule has 7 heteroatoms. The molecule has 2 fully saturated rings. The van der Waals surface area contributed by atoms with E-state index in [4.69, 9.17) is 5.10 Å². The molecule has 0 unspecified atom stereocenters. The molecule has 3 aromatic rings. The summed E-state index contributed by atoms with van der Waals surface area (Å²) in [7, 11) is 0. The molecule has 3 heterocycles. The van der Waals surface area contributed by atoms with Gasteiger partial charge in [-0.15, -0.1) is 0 Å². The third kappa shape index (κ3) is 5.85. The van der Waals surface area contributed by atoms with Crippen molar-refractivity contribution in [2.45, 2.75) is 38.5 Å². The molecule has 1 aromatic heterocycles. The highest BCUT2D eigenvalue weighted by Crippen LogP contribution is 2.25. The van der Waals surface area contributed by atoms with Crippen LogP contribution in [0.3, 0.4) is 0 Å². The minimum atomic E-state index is -0.0658. The first kappa shape index (κ1) is 24.3. The van der Waals surface area contributed by atoms with Crippen LogP contribution in [0.1, 0.15) is 38.5 Å². The molecular formula is C29H35N5O2. The number of benzene rings is 2. The van der Waals surface area contributed by atoms with Crippen LogP contribution in [0.25, 0.3) is 16.9 Å². The molecule has 36 heavy (non-hydrogen) atoms. The Morgan fingerprint density at radius 2 is 1.47 bits per heavy atom. The average Bonchev–Trinajstić information content (AvgIpc) is 3.14. The Morgan fingerprint density at radius 1 is 0.833 bits per heavy atom. The molecule has 2 aliphatic heterocycles. The number of hydrogen-bond acceptors (Lipinski definition) is 4. The van der Waals surface area contributed by atoms with Gasteiger partial charge in [-0.05, 0) is 50.9 Å². The van der Waals surface area contributed by atoms with Crippen LogP contribution >= 0.6 is 0 Å². The third-order valence-corrected chi connectivity index (χ3v) is 7.27. The summed E-state index contributed by atoms with van der Waals surface area (Å²) in [6.07, 6.45) is 6.35. The molecule has 0 aliphatic carbocycles. The zero-order valence-electron chi connectivity index (χ0n) is 20.8. The topological polar surface area (TPSA) is 70.5 Å². The first-order chi connectivity index (χ1) is 17.7. The van der Waals surface area contributed by atoms with Gasteiger partial charge in [0.15, 0.2) is 0 Å². The van der Waals surface area contributed by atoms with Gasteiger partial charge in [0.2, 0.25) is 11.8 Å². The van der Waals surface area contributed by atoms with Crippen LogP contribution in [0.4, 0.5) is 5.82 Å². The fourth-order valence-corrected chi connectivity index (χ4v) is 5.26. The van der Waals surface area contributed by atoms with Crippen molar-refractivity contribution >= 4 is 17.6 Å². The predicted octanol–water partition coefficient (Wildman–Crippen LogP) is 4.59. The van der Waals surface area contributed by atoms with E-state index in [0.29, 0.717) is 18.3 Å². The molecule has 2 aliphatic rings. The normalized spacial score (nSPS) is 17.5.